The van der Waals surface area contributed by atoms with Gasteiger partial charge in [-0.3, -0.25) is 9.59 Å². The van der Waals surface area contributed by atoms with E-state index in [4.69, 9.17) is 9.84 Å². The summed E-state index contributed by atoms with van der Waals surface area (Å²) in [6.45, 7) is 9.94. The Hall–Kier alpha value is -3.64. The number of anilines is 1. The Morgan fingerprint density at radius 2 is 1.59 bits per heavy atom. The number of hydrogen-bond acceptors (Lipinski definition) is 4. The van der Waals surface area contributed by atoms with Gasteiger partial charge in [-0.15, -0.1) is 0 Å². The van der Waals surface area contributed by atoms with Crippen molar-refractivity contribution in [2.45, 2.75) is 53.0 Å². The molecule has 0 fully saturated rings. The van der Waals surface area contributed by atoms with Gasteiger partial charge < -0.3 is 20.5 Å². The fraction of sp³-hybridized carbons (Fsp3) is 0.355. The maximum absolute atomic E-state index is 12.2. The van der Waals surface area contributed by atoms with Gasteiger partial charge in [-0.05, 0) is 85.7 Å². The van der Waals surface area contributed by atoms with Crippen LogP contribution >= 0.6 is 0 Å². The summed E-state index contributed by atoms with van der Waals surface area (Å²) in [6.07, 6.45) is 1.66. The highest BCUT2D eigenvalue weighted by molar-refractivity contribution is 5.94. The van der Waals surface area contributed by atoms with Crippen molar-refractivity contribution in [3.8, 4) is 11.1 Å². The van der Waals surface area contributed by atoms with Gasteiger partial charge in [-0.25, -0.2) is 0 Å². The Balaban J connectivity index is 1.67. The minimum Gasteiger partial charge on any atom is -0.481 e. The zero-order chi connectivity index (χ0) is 26.8. The Morgan fingerprint density at radius 3 is 2.19 bits per heavy atom. The van der Waals surface area contributed by atoms with E-state index < -0.39 is 5.97 Å². The van der Waals surface area contributed by atoms with Gasteiger partial charge in [0.1, 0.15) is 0 Å². The molecule has 196 valence electrons. The van der Waals surface area contributed by atoms with Crippen molar-refractivity contribution >= 4 is 17.6 Å². The Morgan fingerprint density at radius 1 is 0.946 bits per heavy atom. The van der Waals surface area contributed by atoms with Gasteiger partial charge >= 0.3 is 5.97 Å². The summed E-state index contributed by atoms with van der Waals surface area (Å²) in [5.74, 6) is -1.22. The van der Waals surface area contributed by atoms with Crippen LogP contribution in [0.1, 0.15) is 52.4 Å². The van der Waals surface area contributed by atoms with E-state index in [-0.39, 0.29) is 24.9 Å². The van der Waals surface area contributed by atoms with Crippen LogP contribution in [0.3, 0.4) is 0 Å². The predicted molar refractivity (Wildman–Crippen MR) is 149 cm³/mol. The molecule has 0 aromatic heterocycles. The summed E-state index contributed by atoms with van der Waals surface area (Å²) < 4.78 is 5.88. The van der Waals surface area contributed by atoms with E-state index in [1.165, 1.54) is 33.4 Å². The van der Waals surface area contributed by atoms with Crippen LogP contribution in [0.15, 0.2) is 60.7 Å². The van der Waals surface area contributed by atoms with Crippen LogP contribution in [-0.4, -0.2) is 42.8 Å². The molecular formula is C31H38N2O4. The topological polar surface area (TPSA) is 87.7 Å². The number of ether oxygens (including phenoxy) is 1. The lowest BCUT2D eigenvalue weighted by Gasteiger charge is -2.21. The van der Waals surface area contributed by atoms with Gasteiger partial charge in [-0.1, -0.05) is 48.9 Å². The van der Waals surface area contributed by atoms with Gasteiger partial charge in [0.15, 0.2) is 0 Å². The molecule has 3 N–H and O–H groups in total. The molecule has 0 radical (unpaired) electrons. The smallest absolute Gasteiger partial charge is 0.305 e. The first-order valence-electron chi connectivity index (χ1n) is 12.9. The minimum absolute atomic E-state index is 0.0653. The van der Waals surface area contributed by atoms with Crippen molar-refractivity contribution < 1.29 is 19.4 Å². The van der Waals surface area contributed by atoms with Gasteiger partial charge in [-0.2, -0.15) is 0 Å². The molecule has 6 nitrogen and oxygen atoms in total. The SMILES string of the molecule is CCCOCC(Cc1ccc(-c2c(C)cc(C)cc2C)cc1)Nc1ccc(C(=O)NCCC(=O)O)cc1. The van der Waals surface area contributed by atoms with Crippen LogP contribution < -0.4 is 10.6 Å². The second-order valence-corrected chi connectivity index (χ2v) is 9.57. The first-order valence-corrected chi connectivity index (χ1v) is 12.9. The molecule has 0 aliphatic carbocycles. The number of hydrogen-bond donors (Lipinski definition) is 3. The van der Waals surface area contributed by atoms with Crippen molar-refractivity contribution in [3.63, 3.8) is 0 Å². The van der Waals surface area contributed by atoms with E-state index in [1.54, 1.807) is 12.1 Å². The minimum atomic E-state index is -0.939. The van der Waals surface area contributed by atoms with E-state index in [9.17, 15) is 9.59 Å². The second kappa shape index (κ2) is 13.6. The molecule has 37 heavy (non-hydrogen) atoms. The van der Waals surface area contributed by atoms with Crippen LogP contribution in [0, 0.1) is 20.8 Å². The maximum atomic E-state index is 12.2. The van der Waals surface area contributed by atoms with Crippen LogP contribution in [0.5, 0.6) is 0 Å². The molecule has 0 heterocycles. The van der Waals surface area contributed by atoms with Gasteiger partial charge in [0.25, 0.3) is 5.91 Å². The van der Waals surface area contributed by atoms with Gasteiger partial charge in [0.2, 0.25) is 0 Å². The molecule has 0 bridgehead atoms. The van der Waals surface area contributed by atoms with Crippen molar-refractivity contribution in [2.24, 2.45) is 0 Å². The van der Waals surface area contributed by atoms with Gasteiger partial charge in [0.05, 0.1) is 19.1 Å². The zero-order valence-electron chi connectivity index (χ0n) is 22.3. The van der Waals surface area contributed by atoms with Gasteiger partial charge in [0, 0.05) is 24.4 Å². The fourth-order valence-corrected chi connectivity index (χ4v) is 4.59. The van der Waals surface area contributed by atoms with E-state index in [0.717, 1.165) is 18.5 Å². The van der Waals surface area contributed by atoms with Crippen molar-refractivity contribution in [1.82, 2.24) is 5.32 Å². The first kappa shape index (κ1) is 27.9. The van der Waals surface area contributed by atoms with Crippen molar-refractivity contribution in [2.75, 3.05) is 25.1 Å². The Labute approximate surface area is 220 Å². The average Bonchev–Trinajstić information content (AvgIpc) is 2.84. The fourth-order valence-electron chi connectivity index (χ4n) is 4.59. The highest BCUT2D eigenvalue weighted by atomic mass is 16.5. The molecule has 0 saturated heterocycles. The van der Waals surface area contributed by atoms with Crippen LogP contribution in [-0.2, 0) is 16.0 Å². The highest BCUT2D eigenvalue weighted by Crippen LogP contribution is 2.29. The summed E-state index contributed by atoms with van der Waals surface area (Å²) in [5, 5.41) is 14.9. The molecule has 0 saturated carbocycles. The van der Waals surface area contributed by atoms with E-state index in [2.05, 4.69) is 74.7 Å². The zero-order valence-corrected chi connectivity index (χ0v) is 22.3. The molecular weight excluding hydrogens is 464 g/mol. The normalized spacial score (nSPS) is 11.7. The number of carboxylic acids is 1. The number of carbonyl (C=O) groups is 2. The average molecular weight is 503 g/mol. The molecule has 0 spiro atoms. The largest absolute Gasteiger partial charge is 0.481 e. The molecule has 1 atom stereocenters. The number of rotatable bonds is 13. The Kier molecular flexibility index (Phi) is 10.3. The summed E-state index contributed by atoms with van der Waals surface area (Å²) >= 11 is 0. The molecule has 0 aliphatic heterocycles. The molecule has 1 amide bonds. The number of amides is 1. The highest BCUT2D eigenvalue weighted by Gasteiger charge is 2.13. The number of carbonyl (C=O) groups excluding carboxylic acids is 1. The second-order valence-electron chi connectivity index (χ2n) is 9.57. The predicted octanol–water partition coefficient (Wildman–Crippen LogP) is 5.93. The number of aliphatic carboxylic acids is 1. The standard InChI is InChI=1S/C31H38N2O4/c1-5-16-37-20-28(33-27-12-10-26(11-13-27)31(36)32-15-14-29(34)35)19-24-6-8-25(9-7-24)30-22(3)17-21(2)18-23(30)4/h6-13,17-18,28,33H,5,14-16,19-20H2,1-4H3,(H,32,36)(H,34,35). The number of nitrogens with one attached hydrogen (secondary N) is 2. The Bertz CT molecular complexity index is 1160. The summed E-state index contributed by atoms with van der Waals surface area (Å²) in [5.41, 5.74) is 8.99. The van der Waals surface area contributed by atoms with Crippen LogP contribution in [0.2, 0.25) is 0 Å². The van der Waals surface area contributed by atoms with Crippen LogP contribution in [0.25, 0.3) is 11.1 Å². The number of aryl methyl sites for hydroxylation is 3. The maximum Gasteiger partial charge on any atom is 0.305 e. The quantitative estimate of drug-likeness (QED) is 0.252. The lowest BCUT2D eigenvalue weighted by Crippen LogP contribution is -2.28. The lowest BCUT2D eigenvalue weighted by atomic mass is 9.93. The van der Waals surface area contributed by atoms with E-state index in [1.807, 2.05) is 12.1 Å². The van der Waals surface area contributed by atoms with E-state index >= 15 is 0 Å². The summed E-state index contributed by atoms with van der Waals surface area (Å²) in [4.78, 5) is 22.9. The van der Waals surface area contributed by atoms with Crippen LogP contribution in [0.4, 0.5) is 5.69 Å². The molecule has 0 aliphatic rings. The van der Waals surface area contributed by atoms with E-state index in [0.29, 0.717) is 18.8 Å². The molecule has 3 aromatic rings. The molecule has 6 heteroatoms. The molecule has 3 aromatic carbocycles. The third-order valence-corrected chi connectivity index (χ3v) is 6.21. The number of benzene rings is 3. The lowest BCUT2D eigenvalue weighted by molar-refractivity contribution is -0.136. The first-order chi connectivity index (χ1) is 17.8. The third kappa shape index (κ3) is 8.46. The summed E-state index contributed by atoms with van der Waals surface area (Å²) in [6, 6.07) is 20.5. The third-order valence-electron chi connectivity index (χ3n) is 6.21. The monoisotopic (exact) mass is 502 g/mol. The summed E-state index contributed by atoms with van der Waals surface area (Å²) in [7, 11) is 0. The molecule has 3 rings (SSSR count). The molecule has 1 unspecified atom stereocenters. The van der Waals surface area contributed by atoms with Crippen molar-refractivity contribution in [3.05, 3.63) is 88.5 Å². The number of carboxylic acid groups (broad SMARTS) is 1. The van der Waals surface area contributed by atoms with Crippen molar-refractivity contribution in [1.29, 1.82) is 0 Å².